The van der Waals surface area contributed by atoms with Crippen molar-refractivity contribution in [3.63, 3.8) is 0 Å². The Labute approximate surface area is 216 Å². The first-order valence-corrected chi connectivity index (χ1v) is 13.3. The highest BCUT2D eigenvalue weighted by Crippen LogP contribution is 2.47. The Morgan fingerprint density at radius 1 is 0.400 bits per heavy atom. The number of benzene rings is 3. The average molecular weight is 469 g/mol. The van der Waals surface area contributed by atoms with Crippen LogP contribution in [0.15, 0.2) is 66.7 Å². The highest BCUT2D eigenvalue weighted by molar-refractivity contribution is 5.57. The largest absolute Gasteiger partial charge is 0.0622 e. The van der Waals surface area contributed by atoms with E-state index in [1.165, 1.54) is 38.9 Å². The quantitative estimate of drug-likeness (QED) is 0.335. The molecule has 0 saturated carbocycles. The van der Waals surface area contributed by atoms with Crippen molar-refractivity contribution in [1.82, 2.24) is 0 Å². The van der Waals surface area contributed by atoms with Crippen LogP contribution in [0.5, 0.6) is 0 Å². The summed E-state index contributed by atoms with van der Waals surface area (Å²) in [5.41, 5.74) is 10.3. The van der Waals surface area contributed by atoms with Gasteiger partial charge in [0.1, 0.15) is 0 Å². The molecule has 0 bridgehead atoms. The molecule has 0 heteroatoms. The van der Waals surface area contributed by atoms with Gasteiger partial charge in [0.2, 0.25) is 0 Å². The van der Waals surface area contributed by atoms with Gasteiger partial charge in [0.15, 0.2) is 0 Å². The fourth-order valence-electron chi connectivity index (χ4n) is 5.72. The fraction of sp³-hybridized carbons (Fsp3) is 0.486. The van der Waals surface area contributed by atoms with Crippen molar-refractivity contribution in [2.24, 2.45) is 0 Å². The van der Waals surface area contributed by atoms with Crippen LogP contribution in [-0.2, 0) is 21.7 Å². The predicted molar refractivity (Wildman–Crippen MR) is 155 cm³/mol. The van der Waals surface area contributed by atoms with Gasteiger partial charge in [-0.15, -0.1) is 0 Å². The third-order valence-electron chi connectivity index (χ3n) is 7.06. The molecule has 0 saturated heterocycles. The fourth-order valence-corrected chi connectivity index (χ4v) is 5.72. The molecule has 0 amide bonds. The Balaban J connectivity index is 2.53. The minimum Gasteiger partial charge on any atom is -0.0622 e. The van der Waals surface area contributed by atoms with E-state index in [1.807, 2.05) is 0 Å². The van der Waals surface area contributed by atoms with Crippen LogP contribution in [-0.4, -0.2) is 0 Å². The molecule has 0 heterocycles. The molecule has 0 aliphatic heterocycles. The molecular weight excluding hydrogens is 420 g/mol. The van der Waals surface area contributed by atoms with Gasteiger partial charge < -0.3 is 0 Å². The molecule has 188 valence electrons. The zero-order valence-electron chi connectivity index (χ0n) is 24.4. The lowest BCUT2D eigenvalue weighted by Gasteiger charge is -2.38. The van der Waals surface area contributed by atoms with Crippen LogP contribution in [0.4, 0.5) is 0 Å². The Morgan fingerprint density at radius 3 is 1.09 bits per heavy atom. The van der Waals surface area contributed by atoms with Crippen molar-refractivity contribution in [3.8, 4) is 0 Å². The first-order chi connectivity index (χ1) is 15.9. The molecule has 0 fully saturated rings. The third-order valence-corrected chi connectivity index (χ3v) is 7.06. The van der Waals surface area contributed by atoms with Crippen molar-refractivity contribution < 1.29 is 0 Å². The second kappa shape index (κ2) is 9.27. The van der Waals surface area contributed by atoms with E-state index in [2.05, 4.69) is 150 Å². The van der Waals surface area contributed by atoms with Gasteiger partial charge in [-0.3, -0.25) is 0 Å². The maximum Gasteiger partial charge on any atom is 0.0346 e. The molecule has 0 spiro atoms. The Hall–Kier alpha value is -2.34. The number of rotatable bonds is 3. The van der Waals surface area contributed by atoms with E-state index in [0.717, 1.165) is 0 Å². The molecule has 3 rings (SSSR count). The van der Waals surface area contributed by atoms with Gasteiger partial charge in [-0.05, 0) is 60.6 Å². The van der Waals surface area contributed by atoms with E-state index in [0.29, 0.717) is 0 Å². The summed E-state index contributed by atoms with van der Waals surface area (Å²) in [6.07, 6.45) is 0. The highest BCUT2D eigenvalue weighted by atomic mass is 14.4. The summed E-state index contributed by atoms with van der Waals surface area (Å²) in [6, 6.07) is 25.2. The van der Waals surface area contributed by atoms with Gasteiger partial charge in [-0.2, -0.15) is 0 Å². The first-order valence-electron chi connectivity index (χ1n) is 13.3. The summed E-state index contributed by atoms with van der Waals surface area (Å²) >= 11 is 0. The standard InChI is InChI=1S/C35H48/c1-32(2,3)27-22-16-20-25(30(27)34(7,8)9)29(24-18-14-13-15-19-24)26-21-17-23-28(33(4,5)6)31(26)35(10,11)12/h13-23,29H,1-12H3. The first kappa shape index (κ1) is 27.3. The van der Waals surface area contributed by atoms with Gasteiger partial charge in [0.05, 0.1) is 0 Å². The average Bonchev–Trinajstić information content (AvgIpc) is 2.71. The van der Waals surface area contributed by atoms with E-state index >= 15 is 0 Å². The summed E-state index contributed by atoms with van der Waals surface area (Å²) in [5.74, 6) is 0.171. The van der Waals surface area contributed by atoms with E-state index < -0.39 is 0 Å². The lowest BCUT2D eigenvalue weighted by molar-refractivity contribution is 0.516. The lowest BCUT2D eigenvalue weighted by atomic mass is 9.66. The minimum absolute atomic E-state index is 0.0236. The molecule has 3 aromatic rings. The highest BCUT2D eigenvalue weighted by Gasteiger charge is 2.35. The summed E-state index contributed by atoms with van der Waals surface area (Å²) in [7, 11) is 0. The van der Waals surface area contributed by atoms with E-state index in [4.69, 9.17) is 0 Å². The molecular formula is C35H48. The molecule has 0 aliphatic rings. The molecule has 3 aromatic carbocycles. The van der Waals surface area contributed by atoms with Crippen molar-refractivity contribution in [3.05, 3.63) is 106 Å². The molecule has 35 heavy (non-hydrogen) atoms. The molecule has 0 atom stereocenters. The Kier molecular flexibility index (Phi) is 7.22. The normalized spacial score (nSPS) is 13.4. The van der Waals surface area contributed by atoms with Crippen LogP contribution in [0.1, 0.15) is 128 Å². The third kappa shape index (κ3) is 5.74. The number of hydrogen-bond acceptors (Lipinski definition) is 0. The minimum atomic E-state index is 0.0236. The second-order valence-corrected chi connectivity index (χ2v) is 14.4. The summed E-state index contributed by atoms with van der Waals surface area (Å²) < 4.78 is 0. The summed E-state index contributed by atoms with van der Waals surface area (Å²) in [6.45, 7) is 28.3. The Morgan fingerprint density at radius 2 is 0.771 bits per heavy atom. The maximum absolute atomic E-state index is 2.39. The molecule has 0 radical (unpaired) electrons. The maximum atomic E-state index is 2.39. The second-order valence-electron chi connectivity index (χ2n) is 14.4. The Bertz CT molecular complexity index is 1070. The van der Waals surface area contributed by atoms with Crippen LogP contribution in [0, 0.1) is 0 Å². The number of hydrogen-bond donors (Lipinski definition) is 0. The van der Waals surface area contributed by atoms with Gasteiger partial charge in [-0.1, -0.05) is 150 Å². The molecule has 0 nitrogen and oxygen atoms in total. The van der Waals surface area contributed by atoms with Crippen LogP contribution in [0.25, 0.3) is 0 Å². The predicted octanol–water partition coefficient (Wildman–Crippen LogP) is 10.1. The molecule has 0 aliphatic carbocycles. The van der Waals surface area contributed by atoms with Crippen molar-refractivity contribution >= 4 is 0 Å². The van der Waals surface area contributed by atoms with Crippen LogP contribution in [0.3, 0.4) is 0 Å². The molecule has 0 unspecified atom stereocenters. The van der Waals surface area contributed by atoms with Crippen molar-refractivity contribution in [2.45, 2.75) is 111 Å². The van der Waals surface area contributed by atoms with Crippen molar-refractivity contribution in [2.75, 3.05) is 0 Å². The van der Waals surface area contributed by atoms with E-state index in [1.54, 1.807) is 0 Å². The monoisotopic (exact) mass is 468 g/mol. The SMILES string of the molecule is CC(C)(C)c1cccc(C(c2ccccc2)c2cccc(C(C)(C)C)c2C(C)(C)C)c1C(C)(C)C. The zero-order chi connectivity index (χ0) is 26.4. The molecule has 0 N–H and O–H groups in total. The van der Waals surface area contributed by atoms with Gasteiger partial charge in [-0.25, -0.2) is 0 Å². The lowest BCUT2D eigenvalue weighted by Crippen LogP contribution is -2.28. The van der Waals surface area contributed by atoms with Gasteiger partial charge in [0.25, 0.3) is 0 Å². The summed E-state index contributed by atoms with van der Waals surface area (Å²) in [4.78, 5) is 0. The van der Waals surface area contributed by atoms with Gasteiger partial charge >= 0.3 is 0 Å². The van der Waals surface area contributed by atoms with Crippen molar-refractivity contribution in [1.29, 1.82) is 0 Å². The molecule has 0 aromatic heterocycles. The van der Waals surface area contributed by atoms with Gasteiger partial charge in [0, 0.05) is 5.92 Å². The zero-order valence-corrected chi connectivity index (χ0v) is 24.4. The smallest absolute Gasteiger partial charge is 0.0346 e. The van der Waals surface area contributed by atoms with Crippen LogP contribution in [0.2, 0.25) is 0 Å². The van der Waals surface area contributed by atoms with E-state index in [9.17, 15) is 0 Å². The van der Waals surface area contributed by atoms with Crippen LogP contribution < -0.4 is 0 Å². The van der Waals surface area contributed by atoms with E-state index in [-0.39, 0.29) is 27.6 Å². The van der Waals surface area contributed by atoms with Crippen LogP contribution >= 0.6 is 0 Å². The summed E-state index contributed by atoms with van der Waals surface area (Å²) in [5, 5.41) is 0. The topological polar surface area (TPSA) is 0 Å².